The number of benzene rings is 1. The van der Waals surface area contributed by atoms with Gasteiger partial charge in [0.25, 0.3) is 0 Å². The highest BCUT2D eigenvalue weighted by molar-refractivity contribution is 5.68. The maximum atomic E-state index is 12.2. The molecule has 3 atom stereocenters. The Bertz CT molecular complexity index is 530. The van der Waals surface area contributed by atoms with Crippen LogP contribution in [0, 0.1) is 5.92 Å². The molecule has 6 nitrogen and oxygen atoms in total. The summed E-state index contributed by atoms with van der Waals surface area (Å²) in [4.78, 5) is 13.6. The first-order valence-corrected chi connectivity index (χ1v) is 8.30. The van der Waals surface area contributed by atoms with Crippen LogP contribution in [0.1, 0.15) is 27.2 Å². The van der Waals surface area contributed by atoms with Crippen LogP contribution in [0.4, 0.5) is 10.5 Å². The molecular weight excluding hydrogens is 308 g/mol. The Morgan fingerprint density at radius 2 is 2.04 bits per heavy atom. The van der Waals surface area contributed by atoms with Crippen LogP contribution < -0.4 is 5.32 Å². The number of likely N-dealkylation sites (tertiary alicyclic amines) is 1. The van der Waals surface area contributed by atoms with Crippen molar-refractivity contribution >= 4 is 11.8 Å². The monoisotopic (exact) mass is 336 g/mol. The number of rotatable bonds is 5. The number of aliphatic hydroxyl groups excluding tert-OH is 1. The Kier molecular flexibility index (Phi) is 6.07. The highest BCUT2D eigenvalue weighted by Crippen LogP contribution is 2.29. The molecule has 1 heterocycles. The summed E-state index contributed by atoms with van der Waals surface area (Å²) in [6, 6.07) is 9.69. The third kappa shape index (κ3) is 4.85. The Morgan fingerprint density at radius 1 is 1.38 bits per heavy atom. The predicted octanol–water partition coefficient (Wildman–Crippen LogP) is 2.69. The van der Waals surface area contributed by atoms with Gasteiger partial charge in [-0.2, -0.15) is 0 Å². The van der Waals surface area contributed by atoms with E-state index in [9.17, 15) is 9.90 Å². The minimum atomic E-state index is -0.892. The SMILES string of the molecule is COC[C@H](Nc1ccccc1)[C@H]1CCN(C(=O)OC(C)(C)C)C1O. The van der Waals surface area contributed by atoms with Crippen LogP contribution in [-0.4, -0.2) is 54.2 Å². The number of carbonyl (C=O) groups excluding carboxylic acids is 1. The van der Waals surface area contributed by atoms with E-state index in [-0.39, 0.29) is 12.0 Å². The predicted molar refractivity (Wildman–Crippen MR) is 92.8 cm³/mol. The van der Waals surface area contributed by atoms with E-state index < -0.39 is 17.9 Å². The zero-order chi connectivity index (χ0) is 17.7. The number of hydrogen-bond donors (Lipinski definition) is 2. The minimum Gasteiger partial charge on any atom is -0.444 e. The van der Waals surface area contributed by atoms with Crippen molar-refractivity contribution in [3.63, 3.8) is 0 Å². The van der Waals surface area contributed by atoms with Crippen molar-refractivity contribution in [3.05, 3.63) is 30.3 Å². The van der Waals surface area contributed by atoms with Gasteiger partial charge < -0.3 is 19.9 Å². The summed E-state index contributed by atoms with van der Waals surface area (Å²) in [5.74, 6) is -0.127. The van der Waals surface area contributed by atoms with Crippen LogP contribution in [0.2, 0.25) is 0 Å². The second-order valence-corrected chi connectivity index (χ2v) is 7.11. The molecule has 1 saturated heterocycles. The smallest absolute Gasteiger partial charge is 0.412 e. The van der Waals surface area contributed by atoms with Crippen LogP contribution in [0.15, 0.2) is 30.3 Å². The van der Waals surface area contributed by atoms with Crippen molar-refractivity contribution < 1.29 is 19.4 Å². The zero-order valence-electron chi connectivity index (χ0n) is 14.9. The van der Waals surface area contributed by atoms with Crippen LogP contribution >= 0.6 is 0 Å². The largest absolute Gasteiger partial charge is 0.444 e. The quantitative estimate of drug-likeness (QED) is 0.865. The summed E-state index contributed by atoms with van der Waals surface area (Å²) in [5, 5.41) is 14.0. The Morgan fingerprint density at radius 3 is 2.62 bits per heavy atom. The van der Waals surface area contributed by atoms with Gasteiger partial charge in [0.2, 0.25) is 0 Å². The van der Waals surface area contributed by atoms with E-state index in [0.717, 1.165) is 5.69 Å². The van der Waals surface area contributed by atoms with Crippen LogP contribution in [-0.2, 0) is 9.47 Å². The lowest BCUT2D eigenvalue weighted by Crippen LogP contribution is -2.45. The number of aliphatic hydroxyl groups is 1. The van der Waals surface area contributed by atoms with Crippen LogP contribution in [0.5, 0.6) is 0 Å². The molecule has 0 aliphatic carbocycles. The normalized spacial score (nSPS) is 22.3. The molecule has 6 heteroatoms. The number of anilines is 1. The van der Waals surface area contributed by atoms with E-state index in [2.05, 4.69) is 5.32 Å². The van der Waals surface area contributed by atoms with Gasteiger partial charge >= 0.3 is 6.09 Å². The first kappa shape index (κ1) is 18.5. The topological polar surface area (TPSA) is 71.0 Å². The molecule has 0 saturated carbocycles. The lowest BCUT2D eigenvalue weighted by Gasteiger charge is -2.31. The maximum Gasteiger partial charge on any atom is 0.412 e. The second kappa shape index (κ2) is 7.85. The molecule has 0 bridgehead atoms. The van der Waals surface area contributed by atoms with Crippen molar-refractivity contribution in [2.75, 3.05) is 25.6 Å². The first-order chi connectivity index (χ1) is 11.3. The van der Waals surface area contributed by atoms with E-state index in [1.807, 2.05) is 51.1 Å². The van der Waals surface area contributed by atoms with Gasteiger partial charge in [-0.1, -0.05) is 18.2 Å². The minimum absolute atomic E-state index is 0.0974. The van der Waals surface area contributed by atoms with E-state index in [1.54, 1.807) is 7.11 Å². The molecular formula is C18H28N2O4. The van der Waals surface area contributed by atoms with Gasteiger partial charge in [-0.3, -0.25) is 4.90 Å². The van der Waals surface area contributed by atoms with E-state index in [4.69, 9.17) is 9.47 Å². The van der Waals surface area contributed by atoms with Crippen molar-refractivity contribution in [2.24, 2.45) is 5.92 Å². The molecule has 24 heavy (non-hydrogen) atoms. The third-order valence-corrected chi connectivity index (χ3v) is 4.02. The summed E-state index contributed by atoms with van der Waals surface area (Å²) < 4.78 is 10.7. The molecule has 2 rings (SSSR count). The fourth-order valence-corrected chi connectivity index (χ4v) is 2.93. The average molecular weight is 336 g/mol. The van der Waals surface area contributed by atoms with Gasteiger partial charge in [0, 0.05) is 25.3 Å². The zero-order valence-corrected chi connectivity index (χ0v) is 14.9. The molecule has 2 N–H and O–H groups in total. The Hall–Kier alpha value is -1.79. The molecule has 1 amide bonds. The van der Waals surface area contributed by atoms with Gasteiger partial charge in [-0.15, -0.1) is 0 Å². The number of nitrogens with zero attached hydrogens (tertiary/aromatic N) is 1. The standard InChI is InChI=1S/C18H28N2O4/c1-18(2,3)24-17(22)20-11-10-14(16(20)21)15(12-23-4)19-13-8-6-5-7-9-13/h5-9,14-16,19,21H,10-12H2,1-4H3/t14-,15+,16?/m1/s1. The molecule has 1 aliphatic rings. The van der Waals surface area contributed by atoms with E-state index in [1.165, 1.54) is 4.90 Å². The van der Waals surface area contributed by atoms with Crippen molar-refractivity contribution in [2.45, 2.75) is 45.1 Å². The number of para-hydroxylation sites is 1. The molecule has 0 spiro atoms. The molecule has 1 aliphatic heterocycles. The lowest BCUT2D eigenvalue weighted by atomic mass is 9.97. The third-order valence-electron chi connectivity index (χ3n) is 4.02. The highest BCUT2D eigenvalue weighted by atomic mass is 16.6. The average Bonchev–Trinajstić information content (AvgIpc) is 2.88. The summed E-state index contributed by atoms with van der Waals surface area (Å²) in [6.45, 7) is 6.36. The number of ether oxygens (including phenoxy) is 2. The summed E-state index contributed by atoms with van der Waals surface area (Å²) in [7, 11) is 1.63. The number of amides is 1. The number of hydrogen-bond acceptors (Lipinski definition) is 5. The van der Waals surface area contributed by atoms with E-state index in [0.29, 0.717) is 19.6 Å². The lowest BCUT2D eigenvalue weighted by molar-refractivity contribution is -0.0305. The molecule has 1 fully saturated rings. The molecule has 134 valence electrons. The van der Waals surface area contributed by atoms with Crippen LogP contribution in [0.25, 0.3) is 0 Å². The van der Waals surface area contributed by atoms with Crippen molar-refractivity contribution in [1.29, 1.82) is 0 Å². The van der Waals surface area contributed by atoms with Gasteiger partial charge in [0.1, 0.15) is 11.8 Å². The Balaban J connectivity index is 2.05. The Labute approximate surface area is 143 Å². The molecule has 0 radical (unpaired) electrons. The summed E-state index contributed by atoms with van der Waals surface area (Å²) in [6.07, 6.45) is -0.682. The van der Waals surface area contributed by atoms with Crippen molar-refractivity contribution in [3.8, 4) is 0 Å². The molecule has 0 aromatic heterocycles. The molecule has 1 aromatic carbocycles. The van der Waals surface area contributed by atoms with Gasteiger partial charge in [-0.05, 0) is 39.3 Å². The fourth-order valence-electron chi connectivity index (χ4n) is 2.93. The second-order valence-electron chi connectivity index (χ2n) is 7.11. The number of nitrogens with one attached hydrogen (secondary N) is 1. The summed E-state index contributed by atoms with van der Waals surface area (Å²) in [5.41, 5.74) is 0.380. The first-order valence-electron chi connectivity index (χ1n) is 8.30. The number of carbonyl (C=O) groups is 1. The summed E-state index contributed by atoms with van der Waals surface area (Å²) >= 11 is 0. The van der Waals surface area contributed by atoms with Gasteiger partial charge in [0.15, 0.2) is 0 Å². The van der Waals surface area contributed by atoms with Gasteiger partial charge in [0.05, 0.1) is 12.6 Å². The van der Waals surface area contributed by atoms with Gasteiger partial charge in [-0.25, -0.2) is 4.79 Å². The number of methoxy groups -OCH3 is 1. The molecule has 1 aromatic rings. The maximum absolute atomic E-state index is 12.2. The fraction of sp³-hybridized carbons (Fsp3) is 0.611. The van der Waals surface area contributed by atoms with Crippen molar-refractivity contribution in [1.82, 2.24) is 4.90 Å². The van der Waals surface area contributed by atoms with Crippen LogP contribution in [0.3, 0.4) is 0 Å². The molecule has 1 unspecified atom stereocenters. The highest BCUT2D eigenvalue weighted by Gasteiger charge is 2.41. The van der Waals surface area contributed by atoms with E-state index >= 15 is 0 Å².